The summed E-state index contributed by atoms with van der Waals surface area (Å²) in [6.07, 6.45) is 0. The van der Waals surface area contributed by atoms with Gasteiger partial charge in [0.15, 0.2) is 17.5 Å². The van der Waals surface area contributed by atoms with Crippen LogP contribution < -0.4 is 0 Å². The summed E-state index contributed by atoms with van der Waals surface area (Å²) in [5.41, 5.74) is 4.18. The Labute approximate surface area is 169 Å². The number of nitrogens with zero attached hydrogens (tertiary/aromatic N) is 3. The Hall–Kier alpha value is -3.85. The maximum Gasteiger partial charge on any atom is 0.164 e. The summed E-state index contributed by atoms with van der Waals surface area (Å²) in [4.78, 5) is 14.5. The summed E-state index contributed by atoms with van der Waals surface area (Å²) >= 11 is 0. The van der Waals surface area contributed by atoms with E-state index in [-0.39, 0.29) is 0 Å². The van der Waals surface area contributed by atoms with Crippen LogP contribution in [0.4, 0.5) is 0 Å². The second kappa shape index (κ2) is 7.28. The van der Waals surface area contributed by atoms with Gasteiger partial charge in [-0.15, -0.1) is 0 Å². The highest BCUT2D eigenvalue weighted by Crippen LogP contribution is 2.29. The molecule has 3 heteroatoms. The van der Waals surface area contributed by atoms with Crippen LogP contribution in [0.15, 0.2) is 97.1 Å². The van der Waals surface area contributed by atoms with Gasteiger partial charge in [0, 0.05) is 16.7 Å². The monoisotopic (exact) mass is 373 g/mol. The van der Waals surface area contributed by atoms with E-state index in [1.807, 2.05) is 42.5 Å². The molecule has 0 bridgehead atoms. The molecule has 0 saturated heterocycles. The van der Waals surface area contributed by atoms with Gasteiger partial charge in [0.2, 0.25) is 0 Å². The first-order chi connectivity index (χ1) is 14.3. The van der Waals surface area contributed by atoms with E-state index < -0.39 is 0 Å². The molecule has 1 aromatic heterocycles. The van der Waals surface area contributed by atoms with Crippen molar-refractivity contribution in [3.05, 3.63) is 103 Å². The SMILES string of the molecule is Cc1ccc(-c2nc(-c3ccccc3)nc(-c3cccc4ccccc34)n2)cc1. The Morgan fingerprint density at radius 1 is 0.483 bits per heavy atom. The van der Waals surface area contributed by atoms with E-state index >= 15 is 0 Å². The summed E-state index contributed by atoms with van der Waals surface area (Å²) in [6.45, 7) is 2.08. The number of aryl methyl sites for hydroxylation is 1. The van der Waals surface area contributed by atoms with Crippen molar-refractivity contribution >= 4 is 10.8 Å². The first kappa shape index (κ1) is 17.3. The fourth-order valence-corrected chi connectivity index (χ4v) is 3.46. The molecule has 29 heavy (non-hydrogen) atoms. The largest absolute Gasteiger partial charge is 0.208 e. The van der Waals surface area contributed by atoms with Gasteiger partial charge in [0.25, 0.3) is 0 Å². The molecule has 0 saturated carbocycles. The molecule has 4 aromatic carbocycles. The normalized spacial score (nSPS) is 10.9. The van der Waals surface area contributed by atoms with Gasteiger partial charge in [-0.3, -0.25) is 0 Å². The van der Waals surface area contributed by atoms with Crippen molar-refractivity contribution in [2.24, 2.45) is 0 Å². The standard InChI is InChI=1S/C26H19N3/c1-18-14-16-21(17-15-18)25-27-24(20-9-3-2-4-10-20)28-26(29-25)23-13-7-11-19-8-5-6-12-22(19)23/h2-17H,1H3. The maximum absolute atomic E-state index is 4.86. The molecule has 0 N–H and O–H groups in total. The molecule has 0 aliphatic rings. The van der Waals surface area contributed by atoms with E-state index in [9.17, 15) is 0 Å². The Kier molecular flexibility index (Phi) is 4.34. The van der Waals surface area contributed by atoms with E-state index in [1.54, 1.807) is 0 Å². The maximum atomic E-state index is 4.86. The molecule has 0 atom stereocenters. The third-order valence-corrected chi connectivity index (χ3v) is 5.01. The molecule has 0 aliphatic carbocycles. The van der Waals surface area contributed by atoms with Crippen LogP contribution in [0.2, 0.25) is 0 Å². The molecule has 3 nitrogen and oxygen atoms in total. The highest BCUT2D eigenvalue weighted by molar-refractivity contribution is 5.95. The fraction of sp³-hybridized carbons (Fsp3) is 0.0385. The second-order valence-corrected chi connectivity index (χ2v) is 7.06. The summed E-state index contributed by atoms with van der Waals surface area (Å²) in [7, 11) is 0. The number of rotatable bonds is 3. The molecule has 5 aromatic rings. The lowest BCUT2D eigenvalue weighted by atomic mass is 10.0. The predicted molar refractivity (Wildman–Crippen MR) is 118 cm³/mol. The molecule has 0 spiro atoms. The number of benzene rings is 4. The summed E-state index contributed by atoms with van der Waals surface area (Å²) < 4.78 is 0. The number of aromatic nitrogens is 3. The summed E-state index contributed by atoms with van der Waals surface area (Å²) in [5, 5.41) is 2.30. The van der Waals surface area contributed by atoms with Crippen LogP contribution in [0.3, 0.4) is 0 Å². The van der Waals surface area contributed by atoms with Crippen LogP contribution in [-0.4, -0.2) is 15.0 Å². The highest BCUT2D eigenvalue weighted by Gasteiger charge is 2.13. The second-order valence-electron chi connectivity index (χ2n) is 7.06. The molecule has 5 rings (SSSR count). The van der Waals surface area contributed by atoms with Gasteiger partial charge in [-0.25, -0.2) is 15.0 Å². The number of hydrogen-bond donors (Lipinski definition) is 0. The fourth-order valence-electron chi connectivity index (χ4n) is 3.46. The molecular weight excluding hydrogens is 354 g/mol. The van der Waals surface area contributed by atoms with Crippen LogP contribution >= 0.6 is 0 Å². The topological polar surface area (TPSA) is 38.7 Å². The van der Waals surface area contributed by atoms with Crippen LogP contribution in [-0.2, 0) is 0 Å². The third-order valence-electron chi connectivity index (χ3n) is 5.01. The lowest BCUT2D eigenvalue weighted by Crippen LogP contribution is -2.00. The smallest absolute Gasteiger partial charge is 0.164 e. The Bertz CT molecular complexity index is 1290. The van der Waals surface area contributed by atoms with Gasteiger partial charge < -0.3 is 0 Å². The number of hydrogen-bond acceptors (Lipinski definition) is 3. The van der Waals surface area contributed by atoms with Crippen LogP contribution in [0.5, 0.6) is 0 Å². The molecule has 0 amide bonds. The van der Waals surface area contributed by atoms with Crippen molar-refractivity contribution in [3.63, 3.8) is 0 Å². The number of fused-ring (bicyclic) bond motifs is 1. The minimum absolute atomic E-state index is 0.680. The molecule has 0 fully saturated rings. The third kappa shape index (κ3) is 3.39. The van der Waals surface area contributed by atoms with E-state index in [2.05, 4.69) is 61.5 Å². The first-order valence-electron chi connectivity index (χ1n) is 9.65. The van der Waals surface area contributed by atoms with E-state index in [1.165, 1.54) is 10.9 Å². The van der Waals surface area contributed by atoms with Crippen molar-refractivity contribution in [1.82, 2.24) is 15.0 Å². The van der Waals surface area contributed by atoms with Crippen molar-refractivity contribution in [3.8, 4) is 34.2 Å². The van der Waals surface area contributed by atoms with Gasteiger partial charge in [-0.2, -0.15) is 0 Å². The summed E-state index contributed by atoms with van der Waals surface area (Å²) in [5.74, 6) is 2.05. The first-order valence-corrected chi connectivity index (χ1v) is 9.65. The molecular formula is C26H19N3. The minimum atomic E-state index is 0.680. The van der Waals surface area contributed by atoms with E-state index in [0.29, 0.717) is 17.5 Å². The lowest BCUT2D eigenvalue weighted by Gasteiger charge is -2.10. The zero-order chi connectivity index (χ0) is 19.6. The van der Waals surface area contributed by atoms with E-state index in [0.717, 1.165) is 22.1 Å². The van der Waals surface area contributed by atoms with Crippen molar-refractivity contribution in [1.29, 1.82) is 0 Å². The molecule has 0 unspecified atom stereocenters. The van der Waals surface area contributed by atoms with Gasteiger partial charge in [-0.1, -0.05) is 103 Å². The quantitative estimate of drug-likeness (QED) is 0.371. The molecule has 1 heterocycles. The zero-order valence-corrected chi connectivity index (χ0v) is 16.1. The van der Waals surface area contributed by atoms with Crippen molar-refractivity contribution < 1.29 is 0 Å². The van der Waals surface area contributed by atoms with Crippen molar-refractivity contribution in [2.45, 2.75) is 6.92 Å². The lowest BCUT2D eigenvalue weighted by molar-refractivity contribution is 1.08. The summed E-state index contributed by atoms with van der Waals surface area (Å²) in [6, 6.07) is 32.9. The van der Waals surface area contributed by atoms with Gasteiger partial charge in [0.05, 0.1) is 0 Å². The van der Waals surface area contributed by atoms with Gasteiger partial charge >= 0.3 is 0 Å². The Morgan fingerprint density at radius 2 is 1.07 bits per heavy atom. The van der Waals surface area contributed by atoms with Crippen LogP contribution in [0, 0.1) is 6.92 Å². The molecule has 0 radical (unpaired) electrons. The Balaban J connectivity index is 1.76. The van der Waals surface area contributed by atoms with E-state index in [4.69, 9.17) is 15.0 Å². The van der Waals surface area contributed by atoms with Gasteiger partial charge in [-0.05, 0) is 17.7 Å². The van der Waals surface area contributed by atoms with Crippen LogP contribution in [0.25, 0.3) is 44.9 Å². The zero-order valence-electron chi connectivity index (χ0n) is 16.1. The molecule has 0 aliphatic heterocycles. The van der Waals surface area contributed by atoms with Gasteiger partial charge in [0.1, 0.15) is 0 Å². The van der Waals surface area contributed by atoms with Crippen LogP contribution in [0.1, 0.15) is 5.56 Å². The average molecular weight is 373 g/mol. The average Bonchev–Trinajstić information content (AvgIpc) is 2.79. The highest BCUT2D eigenvalue weighted by atomic mass is 15.0. The Morgan fingerprint density at radius 3 is 1.83 bits per heavy atom. The van der Waals surface area contributed by atoms with Crippen molar-refractivity contribution in [2.75, 3.05) is 0 Å². The minimum Gasteiger partial charge on any atom is -0.208 e. The predicted octanol–water partition coefficient (Wildman–Crippen LogP) is 6.33. The molecule has 138 valence electrons.